The Hall–Kier alpha value is -3.72. The number of ether oxygens (including phenoxy) is 1. The molecule has 1 aliphatic rings. The van der Waals surface area contributed by atoms with Gasteiger partial charge in [0.15, 0.2) is 0 Å². The molecule has 0 fully saturated rings. The van der Waals surface area contributed by atoms with Gasteiger partial charge >= 0.3 is 5.97 Å². The van der Waals surface area contributed by atoms with Gasteiger partial charge < -0.3 is 15.0 Å². The van der Waals surface area contributed by atoms with Crippen molar-refractivity contribution < 1.29 is 19.2 Å². The number of rotatable bonds is 6. The fourth-order valence-electron chi connectivity index (χ4n) is 3.74. The summed E-state index contributed by atoms with van der Waals surface area (Å²) in [6.45, 7) is 4.09. The molecule has 2 heterocycles. The number of nitro benzene ring substituents is 1. The zero-order chi connectivity index (χ0) is 22.8. The van der Waals surface area contributed by atoms with Crippen LogP contribution >= 0.6 is 11.3 Å². The Morgan fingerprint density at radius 2 is 1.88 bits per heavy atom. The topological polar surface area (TPSA) is 102 Å². The van der Waals surface area contributed by atoms with Crippen molar-refractivity contribution in [1.29, 1.82) is 0 Å². The number of amides is 1. The lowest BCUT2D eigenvalue weighted by molar-refractivity contribution is -0.384. The molecule has 1 aliphatic heterocycles. The third-order valence-corrected chi connectivity index (χ3v) is 6.31. The SMILES string of the molecule is CCOC(=O)c1sc(C)c2c1N[C@H](c1ccc([N+](=O)[O-])cc1)N(Cc1ccccc1)C2=O. The summed E-state index contributed by atoms with van der Waals surface area (Å²) in [6.07, 6.45) is -0.613. The molecule has 0 saturated carbocycles. The maximum absolute atomic E-state index is 13.6. The molecule has 1 N–H and O–H groups in total. The molecule has 8 nitrogen and oxygen atoms in total. The number of thiophene rings is 1. The predicted octanol–water partition coefficient (Wildman–Crippen LogP) is 4.91. The maximum Gasteiger partial charge on any atom is 0.350 e. The van der Waals surface area contributed by atoms with Crippen molar-refractivity contribution in [3.8, 4) is 0 Å². The fourth-order valence-corrected chi connectivity index (χ4v) is 4.74. The summed E-state index contributed by atoms with van der Waals surface area (Å²) < 4.78 is 5.18. The Morgan fingerprint density at radius 1 is 1.19 bits per heavy atom. The molecule has 0 aliphatic carbocycles. The van der Waals surface area contributed by atoms with E-state index in [0.29, 0.717) is 28.2 Å². The van der Waals surface area contributed by atoms with E-state index in [1.807, 2.05) is 30.3 Å². The van der Waals surface area contributed by atoms with Crippen LogP contribution in [0.2, 0.25) is 0 Å². The van der Waals surface area contributed by atoms with Crippen LogP contribution in [-0.4, -0.2) is 28.3 Å². The number of fused-ring (bicyclic) bond motifs is 1. The number of anilines is 1. The molecule has 0 saturated heterocycles. The van der Waals surface area contributed by atoms with Crippen molar-refractivity contribution >= 4 is 34.6 Å². The number of esters is 1. The monoisotopic (exact) mass is 451 g/mol. The minimum absolute atomic E-state index is 0.0372. The lowest BCUT2D eigenvalue weighted by Crippen LogP contribution is -2.42. The quantitative estimate of drug-likeness (QED) is 0.325. The molecule has 0 unspecified atom stereocenters. The molecule has 1 amide bonds. The first-order valence-electron chi connectivity index (χ1n) is 10.1. The van der Waals surface area contributed by atoms with E-state index >= 15 is 0 Å². The second-order valence-corrected chi connectivity index (χ2v) is 8.50. The third-order valence-electron chi connectivity index (χ3n) is 5.23. The van der Waals surface area contributed by atoms with Crippen LogP contribution in [0.15, 0.2) is 54.6 Å². The minimum Gasteiger partial charge on any atom is -0.462 e. The Labute approximate surface area is 188 Å². The van der Waals surface area contributed by atoms with Gasteiger partial charge in [-0.25, -0.2) is 4.79 Å². The van der Waals surface area contributed by atoms with Gasteiger partial charge in [0.05, 0.1) is 22.8 Å². The van der Waals surface area contributed by atoms with Gasteiger partial charge in [-0.05, 0) is 37.1 Å². The standard InChI is InChI=1S/C23H21N3O5S/c1-3-31-23(28)20-19-18(14(2)32-20)22(27)25(13-15-7-5-4-6-8-15)21(24-19)16-9-11-17(12-10-16)26(29)30/h4-12,21,24H,3,13H2,1-2H3/t21-/m0/s1. The van der Waals surface area contributed by atoms with Crippen molar-refractivity contribution in [3.05, 3.63) is 91.2 Å². The largest absolute Gasteiger partial charge is 0.462 e. The highest BCUT2D eigenvalue weighted by Crippen LogP contribution is 2.42. The lowest BCUT2D eigenvalue weighted by atomic mass is 10.0. The van der Waals surface area contributed by atoms with E-state index in [2.05, 4.69) is 5.32 Å². The van der Waals surface area contributed by atoms with Crippen LogP contribution in [0.1, 0.15) is 49.1 Å². The van der Waals surface area contributed by atoms with Gasteiger partial charge in [0.1, 0.15) is 11.0 Å². The molecule has 0 spiro atoms. The highest BCUT2D eigenvalue weighted by atomic mass is 32.1. The molecule has 1 atom stereocenters. The Morgan fingerprint density at radius 3 is 2.50 bits per heavy atom. The van der Waals surface area contributed by atoms with Gasteiger partial charge in [0, 0.05) is 23.6 Å². The van der Waals surface area contributed by atoms with E-state index in [1.165, 1.54) is 23.5 Å². The number of carbonyl (C=O) groups excluding carboxylic acids is 2. The second-order valence-electron chi connectivity index (χ2n) is 7.27. The Balaban J connectivity index is 1.79. The molecule has 2 aromatic carbocycles. The first-order chi connectivity index (χ1) is 15.4. The van der Waals surface area contributed by atoms with Gasteiger partial charge in [-0.15, -0.1) is 11.3 Å². The number of nitrogens with one attached hydrogen (secondary N) is 1. The predicted molar refractivity (Wildman–Crippen MR) is 121 cm³/mol. The number of hydrogen-bond donors (Lipinski definition) is 1. The molecule has 9 heteroatoms. The van der Waals surface area contributed by atoms with Gasteiger partial charge in [-0.2, -0.15) is 0 Å². The molecule has 32 heavy (non-hydrogen) atoms. The van der Waals surface area contributed by atoms with E-state index in [1.54, 1.807) is 30.9 Å². The summed E-state index contributed by atoms with van der Waals surface area (Å²) in [4.78, 5) is 39.5. The molecular weight excluding hydrogens is 430 g/mol. The van der Waals surface area contributed by atoms with Crippen molar-refractivity contribution in [2.45, 2.75) is 26.6 Å². The Bertz CT molecular complexity index is 1170. The van der Waals surface area contributed by atoms with Gasteiger partial charge in [0.25, 0.3) is 11.6 Å². The van der Waals surface area contributed by atoms with Crippen molar-refractivity contribution in [3.63, 3.8) is 0 Å². The van der Waals surface area contributed by atoms with Crippen LogP contribution in [0, 0.1) is 17.0 Å². The lowest BCUT2D eigenvalue weighted by Gasteiger charge is -2.37. The maximum atomic E-state index is 13.6. The number of nitrogens with zero attached hydrogens (tertiary/aromatic N) is 2. The number of non-ortho nitro benzene ring substituents is 1. The first kappa shape index (κ1) is 21.5. The summed E-state index contributed by atoms with van der Waals surface area (Å²) in [6, 6.07) is 15.6. The van der Waals surface area contributed by atoms with Crippen LogP contribution in [0.4, 0.5) is 11.4 Å². The number of benzene rings is 2. The van der Waals surface area contributed by atoms with E-state index in [0.717, 1.165) is 10.4 Å². The Kier molecular flexibility index (Phi) is 5.91. The van der Waals surface area contributed by atoms with Crippen LogP contribution in [0.25, 0.3) is 0 Å². The fraction of sp³-hybridized carbons (Fsp3) is 0.217. The van der Waals surface area contributed by atoms with Crippen LogP contribution in [-0.2, 0) is 11.3 Å². The molecule has 4 rings (SSSR count). The number of nitro groups is 1. The van der Waals surface area contributed by atoms with Crippen molar-refractivity contribution in [2.75, 3.05) is 11.9 Å². The zero-order valence-electron chi connectivity index (χ0n) is 17.5. The summed E-state index contributed by atoms with van der Waals surface area (Å²) in [5, 5.41) is 14.4. The number of aryl methyl sites for hydroxylation is 1. The minimum atomic E-state index is -0.613. The van der Waals surface area contributed by atoms with Crippen molar-refractivity contribution in [1.82, 2.24) is 4.90 Å². The zero-order valence-corrected chi connectivity index (χ0v) is 18.3. The molecule has 3 aromatic rings. The molecule has 0 radical (unpaired) electrons. The smallest absolute Gasteiger partial charge is 0.350 e. The van der Waals surface area contributed by atoms with E-state index in [-0.39, 0.29) is 18.2 Å². The third kappa shape index (κ3) is 3.94. The second kappa shape index (κ2) is 8.80. The normalized spacial score (nSPS) is 15.1. The van der Waals surface area contributed by atoms with Crippen LogP contribution in [0.3, 0.4) is 0 Å². The summed E-state index contributed by atoms with van der Waals surface area (Å²) in [5.74, 6) is -0.698. The highest BCUT2D eigenvalue weighted by molar-refractivity contribution is 7.15. The first-order valence-corrected chi connectivity index (χ1v) is 10.9. The van der Waals surface area contributed by atoms with Crippen molar-refractivity contribution in [2.24, 2.45) is 0 Å². The van der Waals surface area contributed by atoms with E-state index < -0.39 is 17.1 Å². The van der Waals surface area contributed by atoms with E-state index in [4.69, 9.17) is 4.74 Å². The number of hydrogen-bond acceptors (Lipinski definition) is 7. The summed E-state index contributed by atoms with van der Waals surface area (Å²) in [5.41, 5.74) is 2.47. The van der Waals surface area contributed by atoms with Gasteiger partial charge in [-0.1, -0.05) is 30.3 Å². The molecule has 164 valence electrons. The molecular formula is C23H21N3O5S. The number of carbonyl (C=O) groups is 2. The average molecular weight is 452 g/mol. The molecule has 1 aromatic heterocycles. The average Bonchev–Trinajstić information content (AvgIpc) is 3.13. The van der Waals surface area contributed by atoms with E-state index in [9.17, 15) is 19.7 Å². The van der Waals surface area contributed by atoms with Crippen LogP contribution in [0.5, 0.6) is 0 Å². The van der Waals surface area contributed by atoms with Crippen LogP contribution < -0.4 is 5.32 Å². The van der Waals surface area contributed by atoms with Gasteiger partial charge in [-0.3, -0.25) is 14.9 Å². The van der Waals surface area contributed by atoms with Gasteiger partial charge in [0.2, 0.25) is 0 Å². The summed E-state index contributed by atoms with van der Waals surface area (Å²) in [7, 11) is 0. The highest BCUT2D eigenvalue weighted by Gasteiger charge is 2.38. The summed E-state index contributed by atoms with van der Waals surface area (Å²) >= 11 is 1.22. The molecule has 0 bridgehead atoms.